The molecule has 0 aromatic heterocycles. The Morgan fingerprint density at radius 3 is 2.56 bits per heavy atom. The van der Waals surface area contributed by atoms with Gasteiger partial charge in [-0.3, -0.25) is 4.18 Å². The van der Waals surface area contributed by atoms with Crippen LogP contribution >= 0.6 is 0 Å². The molecule has 1 fully saturated rings. The smallest absolute Gasteiger partial charge is 0.407 e. The average Bonchev–Trinajstić information content (AvgIpc) is 2.27. The molecule has 0 radical (unpaired) electrons. The van der Waals surface area contributed by atoms with Crippen LogP contribution < -0.4 is 0 Å². The molecule has 1 rings (SSSR count). The van der Waals surface area contributed by atoms with E-state index in [0.29, 0.717) is 19.5 Å². The molecule has 1 aliphatic rings. The molecule has 0 aromatic carbocycles. The fraction of sp³-hybridized carbons (Fsp3) is 0.727. The summed E-state index contributed by atoms with van der Waals surface area (Å²) in [6, 6.07) is 0. The maximum Gasteiger partial charge on any atom is 0.407 e. The topological polar surface area (TPSA) is 83.9 Å². The molecule has 7 heteroatoms. The molecular formula is C11H17NO5S. The molecule has 102 valence electrons. The van der Waals surface area contributed by atoms with Crippen molar-refractivity contribution < 1.29 is 22.5 Å². The van der Waals surface area contributed by atoms with Crippen LogP contribution in [0.3, 0.4) is 0 Å². The Balaban J connectivity index is 2.23. The van der Waals surface area contributed by atoms with Crippen LogP contribution in [0.4, 0.5) is 4.79 Å². The second kappa shape index (κ2) is 6.61. The van der Waals surface area contributed by atoms with Crippen molar-refractivity contribution in [2.24, 2.45) is 5.92 Å². The normalized spacial score (nSPS) is 17.1. The van der Waals surface area contributed by atoms with Crippen molar-refractivity contribution in [3.63, 3.8) is 0 Å². The Morgan fingerprint density at radius 1 is 1.44 bits per heavy atom. The Hall–Kier alpha value is -1.26. The second-order valence-corrected chi connectivity index (χ2v) is 5.79. The van der Waals surface area contributed by atoms with E-state index >= 15 is 0 Å². The first-order valence-electron chi connectivity index (χ1n) is 5.69. The Bertz CT molecular complexity index is 440. The van der Waals surface area contributed by atoms with Gasteiger partial charge in [-0.2, -0.15) is 8.42 Å². The molecule has 0 aliphatic carbocycles. The van der Waals surface area contributed by atoms with Gasteiger partial charge < -0.3 is 10.0 Å². The molecule has 1 N–H and O–H groups in total. The van der Waals surface area contributed by atoms with Gasteiger partial charge in [0.25, 0.3) is 10.1 Å². The monoisotopic (exact) mass is 275 g/mol. The predicted molar refractivity (Wildman–Crippen MR) is 65.5 cm³/mol. The highest BCUT2D eigenvalue weighted by Gasteiger charge is 2.20. The van der Waals surface area contributed by atoms with E-state index in [0.717, 1.165) is 19.1 Å². The third-order valence-corrected chi connectivity index (χ3v) is 3.19. The fourth-order valence-corrected chi connectivity index (χ4v) is 2.06. The minimum Gasteiger partial charge on any atom is -0.465 e. The Kier molecular flexibility index (Phi) is 5.44. The maximum absolute atomic E-state index is 10.7. The molecule has 1 saturated heterocycles. The number of rotatable bonds is 3. The predicted octanol–water partition coefficient (Wildman–Crippen LogP) is 0.746. The zero-order valence-corrected chi connectivity index (χ0v) is 11.1. The van der Waals surface area contributed by atoms with E-state index in [1.165, 1.54) is 4.90 Å². The number of carbonyl (C=O) groups is 1. The summed E-state index contributed by atoms with van der Waals surface area (Å²) in [5.41, 5.74) is 0. The van der Waals surface area contributed by atoms with Gasteiger partial charge in [0.2, 0.25) is 0 Å². The molecule has 0 saturated carbocycles. The van der Waals surface area contributed by atoms with Gasteiger partial charge in [0, 0.05) is 25.4 Å². The first-order chi connectivity index (χ1) is 8.38. The van der Waals surface area contributed by atoms with Gasteiger partial charge >= 0.3 is 6.09 Å². The van der Waals surface area contributed by atoms with E-state index in [1.54, 1.807) is 0 Å². The molecule has 0 aromatic rings. The van der Waals surface area contributed by atoms with Crippen molar-refractivity contribution >= 4 is 16.2 Å². The Morgan fingerprint density at radius 2 is 2.06 bits per heavy atom. The van der Waals surface area contributed by atoms with Crippen LogP contribution in [-0.2, 0) is 14.3 Å². The van der Waals surface area contributed by atoms with Gasteiger partial charge in [0.15, 0.2) is 0 Å². The van der Waals surface area contributed by atoms with E-state index in [9.17, 15) is 13.2 Å². The van der Waals surface area contributed by atoms with Gasteiger partial charge in [-0.1, -0.05) is 5.92 Å². The number of piperidine rings is 1. The van der Waals surface area contributed by atoms with E-state index < -0.39 is 16.2 Å². The van der Waals surface area contributed by atoms with E-state index in [1.807, 2.05) is 0 Å². The van der Waals surface area contributed by atoms with Crippen molar-refractivity contribution in [2.75, 3.05) is 26.0 Å². The van der Waals surface area contributed by atoms with Crippen molar-refractivity contribution in [3.05, 3.63) is 0 Å². The molecule has 1 heterocycles. The van der Waals surface area contributed by atoms with E-state index in [-0.39, 0.29) is 12.5 Å². The lowest BCUT2D eigenvalue weighted by molar-refractivity contribution is 0.130. The average molecular weight is 275 g/mol. The molecule has 1 amide bonds. The van der Waals surface area contributed by atoms with Crippen molar-refractivity contribution in [1.29, 1.82) is 0 Å². The molecule has 0 unspecified atom stereocenters. The number of hydrogen-bond donors (Lipinski definition) is 1. The summed E-state index contributed by atoms with van der Waals surface area (Å²) < 4.78 is 25.9. The summed E-state index contributed by atoms with van der Waals surface area (Å²) in [6.07, 6.45) is 1.94. The second-order valence-electron chi connectivity index (χ2n) is 4.14. The lowest BCUT2D eigenvalue weighted by atomic mass is 9.98. The zero-order valence-electron chi connectivity index (χ0n) is 10.3. The highest BCUT2D eigenvalue weighted by molar-refractivity contribution is 7.85. The van der Waals surface area contributed by atoms with Crippen LogP contribution in [0.25, 0.3) is 0 Å². The lowest BCUT2D eigenvalue weighted by Gasteiger charge is -2.27. The standard InChI is InChI=1S/C11H17NO5S/c1-18(15,16)17-9-3-2-4-10-5-7-12(8-6-10)11(13)14/h10H,3,5-9H2,1H3,(H,13,14). The van der Waals surface area contributed by atoms with Gasteiger partial charge in [0.05, 0.1) is 12.9 Å². The number of nitrogens with zero attached hydrogens (tertiary/aromatic N) is 1. The van der Waals surface area contributed by atoms with E-state index in [4.69, 9.17) is 5.11 Å². The zero-order chi connectivity index (χ0) is 13.6. The van der Waals surface area contributed by atoms with Gasteiger partial charge in [-0.15, -0.1) is 5.92 Å². The summed E-state index contributed by atoms with van der Waals surface area (Å²) in [7, 11) is -3.39. The third kappa shape index (κ3) is 5.89. The van der Waals surface area contributed by atoms with Crippen LogP contribution in [0.1, 0.15) is 19.3 Å². The van der Waals surface area contributed by atoms with Crippen LogP contribution in [0.2, 0.25) is 0 Å². The fourth-order valence-electron chi connectivity index (χ4n) is 1.68. The number of amides is 1. The van der Waals surface area contributed by atoms with Crippen LogP contribution in [0.15, 0.2) is 0 Å². The summed E-state index contributed by atoms with van der Waals surface area (Å²) >= 11 is 0. The van der Waals surface area contributed by atoms with Crippen molar-refractivity contribution in [3.8, 4) is 11.8 Å². The molecule has 0 atom stereocenters. The molecule has 1 aliphatic heterocycles. The van der Waals surface area contributed by atoms with Crippen LogP contribution in [0, 0.1) is 17.8 Å². The van der Waals surface area contributed by atoms with E-state index in [2.05, 4.69) is 16.0 Å². The molecule has 0 spiro atoms. The number of likely N-dealkylation sites (tertiary alicyclic amines) is 1. The highest BCUT2D eigenvalue weighted by Crippen LogP contribution is 2.16. The molecule has 18 heavy (non-hydrogen) atoms. The first-order valence-corrected chi connectivity index (χ1v) is 7.51. The lowest BCUT2D eigenvalue weighted by Crippen LogP contribution is -2.37. The van der Waals surface area contributed by atoms with Crippen LogP contribution in [-0.4, -0.2) is 50.5 Å². The minimum atomic E-state index is -3.39. The quantitative estimate of drug-likeness (QED) is 0.467. The molecule has 0 bridgehead atoms. The van der Waals surface area contributed by atoms with Gasteiger partial charge in [-0.05, 0) is 12.8 Å². The Labute approximate surface area is 107 Å². The third-order valence-electron chi connectivity index (χ3n) is 2.60. The minimum absolute atomic E-state index is 0.0693. The number of hydrogen-bond acceptors (Lipinski definition) is 4. The molecule has 6 nitrogen and oxygen atoms in total. The van der Waals surface area contributed by atoms with Crippen molar-refractivity contribution in [2.45, 2.75) is 19.3 Å². The first kappa shape index (κ1) is 14.8. The summed E-state index contributed by atoms with van der Waals surface area (Å²) in [4.78, 5) is 12.1. The largest absolute Gasteiger partial charge is 0.465 e. The van der Waals surface area contributed by atoms with Gasteiger partial charge in [0.1, 0.15) is 0 Å². The summed E-state index contributed by atoms with van der Waals surface area (Å²) in [6.45, 7) is 1.09. The maximum atomic E-state index is 10.7. The summed E-state index contributed by atoms with van der Waals surface area (Å²) in [5, 5.41) is 8.76. The SMILES string of the molecule is CS(=O)(=O)OCCC#CC1CCN(C(=O)O)CC1. The van der Waals surface area contributed by atoms with Crippen LogP contribution in [0.5, 0.6) is 0 Å². The van der Waals surface area contributed by atoms with Gasteiger partial charge in [-0.25, -0.2) is 4.79 Å². The summed E-state index contributed by atoms with van der Waals surface area (Å²) in [5.74, 6) is 6.08. The molecular weight excluding hydrogens is 258 g/mol. The number of carboxylic acid groups (broad SMARTS) is 1. The highest BCUT2D eigenvalue weighted by atomic mass is 32.2. The van der Waals surface area contributed by atoms with Crippen molar-refractivity contribution in [1.82, 2.24) is 4.90 Å².